The number of benzene rings is 4. The van der Waals surface area contributed by atoms with E-state index < -0.39 is 0 Å². The summed E-state index contributed by atoms with van der Waals surface area (Å²) in [6.45, 7) is 2.04. The Morgan fingerprint density at radius 3 is 2.18 bits per heavy atom. The SMILES string of the molecule is Cc1ccccc1-n1nc(C(=O)Nc2cccc(Br)c2)cc1-c1ccc(-c2ccccc2)cc1. The number of hydrogen-bond donors (Lipinski definition) is 1. The number of aromatic nitrogens is 2. The summed E-state index contributed by atoms with van der Waals surface area (Å²) >= 11 is 3.44. The van der Waals surface area contributed by atoms with Gasteiger partial charge in [0.25, 0.3) is 5.91 Å². The highest BCUT2D eigenvalue weighted by molar-refractivity contribution is 9.10. The summed E-state index contributed by atoms with van der Waals surface area (Å²) in [7, 11) is 0. The highest BCUT2D eigenvalue weighted by Gasteiger charge is 2.18. The van der Waals surface area contributed by atoms with Gasteiger partial charge in [0.15, 0.2) is 5.69 Å². The molecule has 0 aliphatic rings. The van der Waals surface area contributed by atoms with Gasteiger partial charge in [0, 0.05) is 15.7 Å². The first-order valence-corrected chi connectivity index (χ1v) is 11.8. The zero-order valence-electron chi connectivity index (χ0n) is 18.6. The van der Waals surface area contributed by atoms with Gasteiger partial charge >= 0.3 is 0 Å². The molecule has 1 heterocycles. The molecule has 0 atom stereocenters. The molecule has 1 aromatic heterocycles. The number of aryl methyl sites for hydroxylation is 1. The van der Waals surface area contributed by atoms with E-state index in [1.807, 2.05) is 84.4 Å². The molecular weight excluding hydrogens is 486 g/mol. The van der Waals surface area contributed by atoms with Gasteiger partial charge in [-0.3, -0.25) is 4.79 Å². The Balaban J connectivity index is 1.55. The van der Waals surface area contributed by atoms with Crippen molar-refractivity contribution in [3.05, 3.63) is 125 Å². The maximum absolute atomic E-state index is 13.1. The first kappa shape index (κ1) is 21.9. The van der Waals surface area contributed by atoms with Gasteiger partial charge in [-0.05, 0) is 53.9 Å². The number of nitrogens with zero attached hydrogens (tertiary/aromatic N) is 2. The van der Waals surface area contributed by atoms with Crippen LogP contribution in [0.4, 0.5) is 5.69 Å². The van der Waals surface area contributed by atoms with Gasteiger partial charge in [0.2, 0.25) is 0 Å². The molecule has 0 aliphatic carbocycles. The lowest BCUT2D eigenvalue weighted by Gasteiger charge is -2.11. The van der Waals surface area contributed by atoms with Gasteiger partial charge in [0.05, 0.1) is 11.4 Å². The molecule has 1 N–H and O–H groups in total. The van der Waals surface area contributed by atoms with E-state index in [4.69, 9.17) is 5.10 Å². The zero-order valence-corrected chi connectivity index (χ0v) is 20.2. The van der Waals surface area contributed by atoms with Crippen molar-refractivity contribution in [2.45, 2.75) is 6.92 Å². The topological polar surface area (TPSA) is 46.9 Å². The van der Waals surface area contributed by atoms with Crippen molar-refractivity contribution in [3.63, 3.8) is 0 Å². The Bertz CT molecular complexity index is 1460. The quantitative estimate of drug-likeness (QED) is 0.267. The van der Waals surface area contributed by atoms with Gasteiger partial charge in [-0.15, -0.1) is 0 Å². The van der Waals surface area contributed by atoms with E-state index in [2.05, 4.69) is 57.6 Å². The van der Waals surface area contributed by atoms with E-state index >= 15 is 0 Å². The fourth-order valence-electron chi connectivity index (χ4n) is 3.91. The zero-order chi connectivity index (χ0) is 23.5. The average molecular weight is 508 g/mol. The number of anilines is 1. The predicted octanol–water partition coefficient (Wildman–Crippen LogP) is 7.53. The fraction of sp³-hybridized carbons (Fsp3) is 0.0345. The summed E-state index contributed by atoms with van der Waals surface area (Å²) in [5.41, 5.74) is 7.21. The van der Waals surface area contributed by atoms with E-state index in [1.165, 1.54) is 0 Å². The van der Waals surface area contributed by atoms with Crippen LogP contribution in [0.3, 0.4) is 0 Å². The van der Waals surface area contributed by atoms with Crippen molar-refractivity contribution in [2.75, 3.05) is 5.32 Å². The molecule has 0 spiro atoms. The molecule has 0 saturated carbocycles. The summed E-state index contributed by atoms with van der Waals surface area (Å²) in [4.78, 5) is 13.1. The summed E-state index contributed by atoms with van der Waals surface area (Å²) in [6.07, 6.45) is 0. The summed E-state index contributed by atoms with van der Waals surface area (Å²) in [6, 6.07) is 36.0. The van der Waals surface area contributed by atoms with Gasteiger partial charge in [-0.2, -0.15) is 5.10 Å². The van der Waals surface area contributed by atoms with Crippen LogP contribution >= 0.6 is 15.9 Å². The smallest absolute Gasteiger partial charge is 0.276 e. The first-order chi connectivity index (χ1) is 16.6. The normalized spacial score (nSPS) is 10.8. The van der Waals surface area contributed by atoms with Gasteiger partial charge in [0.1, 0.15) is 0 Å². The van der Waals surface area contributed by atoms with Crippen LogP contribution in [0.15, 0.2) is 114 Å². The van der Waals surface area contributed by atoms with Crippen LogP contribution in [0.5, 0.6) is 0 Å². The molecule has 166 valence electrons. The Labute approximate surface area is 207 Å². The molecule has 34 heavy (non-hydrogen) atoms. The molecule has 1 amide bonds. The van der Waals surface area contributed by atoms with Crippen molar-refractivity contribution >= 4 is 27.5 Å². The minimum absolute atomic E-state index is 0.257. The summed E-state index contributed by atoms with van der Waals surface area (Å²) in [5, 5.41) is 7.65. The van der Waals surface area contributed by atoms with Crippen LogP contribution in [0.1, 0.15) is 16.1 Å². The number of carbonyl (C=O) groups excluding carboxylic acids is 1. The van der Waals surface area contributed by atoms with Crippen molar-refractivity contribution in [1.29, 1.82) is 0 Å². The maximum Gasteiger partial charge on any atom is 0.276 e. The number of nitrogens with one attached hydrogen (secondary N) is 1. The number of amides is 1. The van der Waals surface area contributed by atoms with Crippen LogP contribution in [0, 0.1) is 6.92 Å². The molecule has 5 aromatic rings. The number of carbonyl (C=O) groups is 1. The number of halogens is 1. The molecule has 0 fully saturated rings. The summed E-state index contributed by atoms with van der Waals surface area (Å²) < 4.78 is 2.75. The Kier molecular flexibility index (Phi) is 6.11. The standard InChI is InChI=1S/C29H22BrN3O/c1-20-8-5-6-13-27(20)33-28(23-16-14-22(15-17-23)21-9-3-2-4-10-21)19-26(32-33)29(34)31-25-12-7-11-24(30)18-25/h2-19H,1H3,(H,31,34). The largest absolute Gasteiger partial charge is 0.321 e. The molecule has 0 radical (unpaired) electrons. The van der Waals surface area contributed by atoms with E-state index in [0.717, 1.165) is 38.1 Å². The van der Waals surface area contributed by atoms with Crippen molar-refractivity contribution in [2.24, 2.45) is 0 Å². The summed E-state index contributed by atoms with van der Waals surface area (Å²) in [5.74, 6) is -0.257. The molecule has 4 nitrogen and oxygen atoms in total. The van der Waals surface area contributed by atoms with Crippen LogP contribution < -0.4 is 5.32 Å². The lowest BCUT2D eigenvalue weighted by atomic mass is 10.0. The van der Waals surface area contributed by atoms with Gasteiger partial charge in [-0.25, -0.2) is 4.68 Å². The first-order valence-electron chi connectivity index (χ1n) is 11.0. The van der Waals surface area contributed by atoms with Crippen molar-refractivity contribution in [1.82, 2.24) is 9.78 Å². The van der Waals surface area contributed by atoms with Crippen LogP contribution in [0.2, 0.25) is 0 Å². The third kappa shape index (κ3) is 4.56. The number of rotatable bonds is 5. The molecule has 4 aromatic carbocycles. The Morgan fingerprint density at radius 1 is 0.765 bits per heavy atom. The Morgan fingerprint density at radius 2 is 1.44 bits per heavy atom. The van der Waals surface area contributed by atoms with Crippen molar-refractivity contribution in [3.8, 4) is 28.1 Å². The minimum atomic E-state index is -0.257. The second kappa shape index (κ2) is 9.49. The van der Waals surface area contributed by atoms with E-state index in [-0.39, 0.29) is 5.91 Å². The van der Waals surface area contributed by atoms with Crippen LogP contribution in [-0.4, -0.2) is 15.7 Å². The number of para-hydroxylation sites is 1. The third-order valence-corrected chi connectivity index (χ3v) is 6.15. The number of hydrogen-bond acceptors (Lipinski definition) is 2. The third-order valence-electron chi connectivity index (χ3n) is 5.66. The minimum Gasteiger partial charge on any atom is -0.321 e. The predicted molar refractivity (Wildman–Crippen MR) is 141 cm³/mol. The van der Waals surface area contributed by atoms with E-state index in [9.17, 15) is 4.79 Å². The molecule has 5 heteroatoms. The van der Waals surface area contributed by atoms with Crippen LogP contribution in [0.25, 0.3) is 28.1 Å². The highest BCUT2D eigenvalue weighted by Crippen LogP contribution is 2.29. The lowest BCUT2D eigenvalue weighted by Crippen LogP contribution is -2.13. The monoisotopic (exact) mass is 507 g/mol. The second-order valence-corrected chi connectivity index (χ2v) is 8.94. The molecule has 0 bridgehead atoms. The molecule has 0 aliphatic heterocycles. The van der Waals surface area contributed by atoms with E-state index in [1.54, 1.807) is 0 Å². The second-order valence-electron chi connectivity index (χ2n) is 8.02. The van der Waals surface area contributed by atoms with Crippen LogP contribution in [-0.2, 0) is 0 Å². The Hall–Kier alpha value is -3.96. The molecule has 5 rings (SSSR count). The molecule has 0 saturated heterocycles. The molecule has 0 unspecified atom stereocenters. The average Bonchev–Trinajstić information content (AvgIpc) is 3.30. The maximum atomic E-state index is 13.1. The highest BCUT2D eigenvalue weighted by atomic mass is 79.9. The fourth-order valence-corrected chi connectivity index (χ4v) is 4.31. The van der Waals surface area contributed by atoms with Gasteiger partial charge < -0.3 is 5.32 Å². The van der Waals surface area contributed by atoms with Gasteiger partial charge in [-0.1, -0.05) is 94.8 Å². The van der Waals surface area contributed by atoms with E-state index in [0.29, 0.717) is 11.4 Å². The van der Waals surface area contributed by atoms with Crippen molar-refractivity contribution < 1.29 is 4.79 Å². The lowest BCUT2D eigenvalue weighted by molar-refractivity contribution is 0.102. The molecular formula is C29H22BrN3O.